The average molecular weight is 312 g/mol. The highest BCUT2D eigenvalue weighted by atomic mass is 127. The second kappa shape index (κ2) is 9.48. The van der Waals surface area contributed by atoms with Crippen molar-refractivity contribution in [3.63, 3.8) is 0 Å². The topological polar surface area (TPSA) is 20.2 Å². The van der Waals surface area contributed by atoms with Gasteiger partial charge < -0.3 is 5.11 Å². The number of hydrogen-bond donors (Lipinski definition) is 1. The zero-order valence-electron chi connectivity index (χ0n) is 3.19. The van der Waals surface area contributed by atoms with Crippen LogP contribution in [0.1, 0.15) is 0 Å². The van der Waals surface area contributed by atoms with Crippen molar-refractivity contribution in [3.05, 3.63) is 13.2 Å². The molecule has 0 radical (unpaired) electrons. The van der Waals surface area contributed by atoms with Gasteiger partial charge in [0, 0.05) is 0 Å². The SMILES string of the molecule is C=C.OC(I)I. The first-order valence-electron chi connectivity index (χ1n) is 1.19. The van der Waals surface area contributed by atoms with E-state index in [1.165, 1.54) is 0 Å². The van der Waals surface area contributed by atoms with Crippen LogP contribution in [0.15, 0.2) is 13.2 Å². The van der Waals surface area contributed by atoms with E-state index in [0.29, 0.717) is 0 Å². The highest BCUT2D eigenvalue weighted by Crippen LogP contribution is 2.01. The van der Waals surface area contributed by atoms with Gasteiger partial charge in [0.15, 0.2) is 2.12 Å². The summed E-state index contributed by atoms with van der Waals surface area (Å²) in [6, 6.07) is 0. The Bertz CT molecular complexity index is 20.0. The van der Waals surface area contributed by atoms with Gasteiger partial charge in [0.2, 0.25) is 0 Å². The third-order valence-corrected chi connectivity index (χ3v) is 0. The van der Waals surface area contributed by atoms with Crippen LogP contribution in [0, 0.1) is 0 Å². The van der Waals surface area contributed by atoms with E-state index in [1.807, 2.05) is 45.2 Å². The summed E-state index contributed by atoms with van der Waals surface area (Å²) >= 11 is 3.77. The van der Waals surface area contributed by atoms with Gasteiger partial charge in [0.05, 0.1) is 0 Å². The van der Waals surface area contributed by atoms with Crippen LogP contribution in [0.2, 0.25) is 0 Å². The van der Waals surface area contributed by atoms with Crippen molar-refractivity contribution in [1.29, 1.82) is 0 Å². The fourth-order valence-corrected chi connectivity index (χ4v) is 0. The Kier molecular flexibility index (Phi) is 16.1. The third kappa shape index (κ3) is 66.4. The maximum absolute atomic E-state index is 8.03. The molecule has 0 heterocycles. The third-order valence-electron chi connectivity index (χ3n) is 0. The van der Waals surface area contributed by atoms with Crippen LogP contribution < -0.4 is 0 Å². The van der Waals surface area contributed by atoms with Crippen LogP contribution >= 0.6 is 45.2 Å². The van der Waals surface area contributed by atoms with Crippen LogP contribution in [0.4, 0.5) is 0 Å². The molecule has 0 saturated heterocycles. The van der Waals surface area contributed by atoms with E-state index in [-0.39, 0.29) is 2.12 Å². The number of halogens is 2. The van der Waals surface area contributed by atoms with Gasteiger partial charge in [0.1, 0.15) is 0 Å². The summed E-state index contributed by atoms with van der Waals surface area (Å²) in [6.07, 6.45) is 0. The second-order valence-corrected chi connectivity index (χ2v) is 5.02. The molecule has 0 unspecified atom stereocenters. The number of alkyl halides is 2. The summed E-state index contributed by atoms with van der Waals surface area (Å²) < 4.78 is -0.227. The Morgan fingerprint density at radius 2 is 1.33 bits per heavy atom. The van der Waals surface area contributed by atoms with Crippen LogP contribution in [-0.4, -0.2) is 7.22 Å². The molecule has 0 aromatic carbocycles. The first-order valence-corrected chi connectivity index (χ1v) is 3.69. The quantitative estimate of drug-likeness (QED) is 0.412. The lowest BCUT2D eigenvalue weighted by atomic mass is 11.3. The molecule has 0 amide bonds. The molecule has 38 valence electrons. The molecule has 0 aliphatic heterocycles. The van der Waals surface area contributed by atoms with E-state index >= 15 is 0 Å². The Hall–Kier alpha value is 1.16. The van der Waals surface area contributed by atoms with Gasteiger partial charge in [-0.05, 0) is 45.2 Å². The highest BCUT2D eigenvalue weighted by Gasteiger charge is 1.75. The van der Waals surface area contributed by atoms with Gasteiger partial charge in [-0.2, -0.15) is 0 Å². The average Bonchev–Trinajstić information content (AvgIpc) is 1.41. The number of aliphatic hydroxyl groups excluding tert-OH is 1. The van der Waals surface area contributed by atoms with Crippen LogP contribution in [0.3, 0.4) is 0 Å². The lowest BCUT2D eigenvalue weighted by Crippen LogP contribution is -1.69. The summed E-state index contributed by atoms with van der Waals surface area (Å²) in [5.74, 6) is 0. The van der Waals surface area contributed by atoms with E-state index < -0.39 is 0 Å². The smallest absolute Gasteiger partial charge is 0.156 e. The lowest BCUT2D eigenvalue weighted by Gasteiger charge is -1.74. The van der Waals surface area contributed by atoms with Gasteiger partial charge in [-0.3, -0.25) is 0 Å². The van der Waals surface area contributed by atoms with Crippen molar-refractivity contribution in [2.75, 3.05) is 0 Å². The first-order chi connectivity index (χ1) is 2.73. The molecule has 0 bridgehead atoms. The Labute approximate surface area is 65.1 Å². The molecule has 0 atom stereocenters. The second-order valence-electron chi connectivity index (χ2n) is 0.278. The molecule has 6 heavy (non-hydrogen) atoms. The van der Waals surface area contributed by atoms with Gasteiger partial charge in [-0.1, -0.05) is 0 Å². The van der Waals surface area contributed by atoms with E-state index in [0.717, 1.165) is 0 Å². The standard InChI is InChI=1S/C2H4.CH2I2O/c1-2;2-1(3)4/h1-2H2;1,4H. The molecular weight excluding hydrogens is 306 g/mol. The predicted octanol–water partition coefficient (Wildman–Crippen LogP) is 1.93. The summed E-state index contributed by atoms with van der Waals surface area (Å²) in [5, 5.41) is 8.03. The lowest BCUT2D eigenvalue weighted by molar-refractivity contribution is 0.372. The van der Waals surface area contributed by atoms with Crippen LogP contribution in [-0.2, 0) is 0 Å². The maximum atomic E-state index is 8.03. The maximum Gasteiger partial charge on any atom is 0.156 e. The largest absolute Gasteiger partial charge is 0.373 e. The summed E-state index contributed by atoms with van der Waals surface area (Å²) in [4.78, 5) is 0. The minimum absolute atomic E-state index is 0.227. The molecule has 1 N–H and O–H groups in total. The summed E-state index contributed by atoms with van der Waals surface area (Å²) in [7, 11) is 0. The number of hydrogen-bond acceptors (Lipinski definition) is 1. The fraction of sp³-hybridized carbons (Fsp3) is 0.333. The van der Waals surface area contributed by atoms with Crippen LogP contribution in [0.5, 0.6) is 0 Å². The molecule has 0 aromatic rings. The monoisotopic (exact) mass is 312 g/mol. The van der Waals surface area contributed by atoms with Crippen molar-refractivity contribution in [1.82, 2.24) is 0 Å². The van der Waals surface area contributed by atoms with E-state index in [4.69, 9.17) is 5.11 Å². The molecule has 0 spiro atoms. The summed E-state index contributed by atoms with van der Waals surface area (Å²) in [6.45, 7) is 6.00. The minimum atomic E-state index is -0.227. The van der Waals surface area contributed by atoms with Crippen LogP contribution in [0.25, 0.3) is 0 Å². The van der Waals surface area contributed by atoms with E-state index in [9.17, 15) is 0 Å². The molecule has 0 aromatic heterocycles. The zero-order valence-corrected chi connectivity index (χ0v) is 7.51. The first kappa shape index (κ1) is 10.2. The normalized spacial score (nSPS) is 6.67. The molecule has 0 aliphatic rings. The Balaban J connectivity index is 0. The van der Waals surface area contributed by atoms with Crippen molar-refractivity contribution in [2.24, 2.45) is 0 Å². The molecule has 3 heteroatoms. The zero-order chi connectivity index (χ0) is 5.58. The van der Waals surface area contributed by atoms with Gasteiger partial charge in [-0.15, -0.1) is 13.2 Å². The Morgan fingerprint density at radius 1 is 1.33 bits per heavy atom. The molecule has 1 nitrogen and oxygen atoms in total. The Morgan fingerprint density at radius 3 is 1.33 bits per heavy atom. The van der Waals surface area contributed by atoms with Gasteiger partial charge >= 0.3 is 0 Å². The molecule has 0 rings (SSSR count). The summed E-state index contributed by atoms with van der Waals surface area (Å²) in [5.41, 5.74) is 0. The molecule has 0 aliphatic carbocycles. The van der Waals surface area contributed by atoms with E-state index in [2.05, 4.69) is 13.2 Å². The van der Waals surface area contributed by atoms with Gasteiger partial charge in [-0.25, -0.2) is 0 Å². The number of aliphatic hydroxyl groups is 1. The number of rotatable bonds is 0. The van der Waals surface area contributed by atoms with Crippen molar-refractivity contribution < 1.29 is 5.11 Å². The van der Waals surface area contributed by atoms with Gasteiger partial charge in [0.25, 0.3) is 0 Å². The van der Waals surface area contributed by atoms with Crippen molar-refractivity contribution in [3.8, 4) is 0 Å². The molecule has 0 saturated carbocycles. The van der Waals surface area contributed by atoms with E-state index in [1.54, 1.807) is 0 Å². The van der Waals surface area contributed by atoms with Crippen molar-refractivity contribution >= 4 is 45.2 Å². The van der Waals surface area contributed by atoms with Crippen molar-refractivity contribution in [2.45, 2.75) is 2.12 Å². The molecular formula is C3H6I2O. The predicted molar refractivity (Wildman–Crippen MR) is 45.3 cm³/mol. The molecule has 0 fully saturated rings. The highest BCUT2D eigenvalue weighted by molar-refractivity contribution is 14.2. The fourth-order valence-electron chi connectivity index (χ4n) is 0. The minimum Gasteiger partial charge on any atom is -0.373 e.